The van der Waals surface area contributed by atoms with Crippen molar-refractivity contribution in [3.05, 3.63) is 83.4 Å². The molecule has 2 aromatic carbocycles. The molecule has 0 saturated heterocycles. The van der Waals surface area contributed by atoms with Gasteiger partial charge in [0.2, 0.25) is 0 Å². The summed E-state index contributed by atoms with van der Waals surface area (Å²) in [5, 5.41) is 0. The molecule has 0 atom stereocenters. The van der Waals surface area contributed by atoms with Crippen LogP contribution in [0.2, 0.25) is 0 Å². The van der Waals surface area contributed by atoms with E-state index in [0.717, 1.165) is 24.1 Å². The zero-order chi connectivity index (χ0) is 16.8. The van der Waals surface area contributed by atoms with Crippen molar-refractivity contribution in [2.24, 2.45) is 4.99 Å². The van der Waals surface area contributed by atoms with Gasteiger partial charge in [0.15, 0.2) is 0 Å². The van der Waals surface area contributed by atoms with Crippen molar-refractivity contribution in [1.82, 2.24) is 0 Å². The van der Waals surface area contributed by atoms with Crippen LogP contribution in [0.25, 0.3) is 5.57 Å². The van der Waals surface area contributed by atoms with E-state index in [1.54, 1.807) is 12.3 Å². The number of hydrogen-bond donors (Lipinski definition) is 0. The number of nitrogens with zero attached hydrogens (tertiary/aromatic N) is 1. The Balaban J connectivity index is 2.15. The van der Waals surface area contributed by atoms with Crippen LogP contribution in [-0.2, 0) is 12.8 Å². The van der Waals surface area contributed by atoms with E-state index in [4.69, 9.17) is 0 Å². The summed E-state index contributed by atoms with van der Waals surface area (Å²) in [5.74, 6) is 0. The molecule has 118 valence electrons. The van der Waals surface area contributed by atoms with Crippen LogP contribution in [0.5, 0.6) is 0 Å². The highest BCUT2D eigenvalue weighted by Crippen LogP contribution is 2.23. The van der Waals surface area contributed by atoms with Gasteiger partial charge in [0.1, 0.15) is 0 Å². The fourth-order valence-electron chi connectivity index (χ4n) is 2.74. The van der Waals surface area contributed by atoms with Gasteiger partial charge in [-0.15, -0.1) is 0 Å². The van der Waals surface area contributed by atoms with Crippen molar-refractivity contribution < 1.29 is 0 Å². The van der Waals surface area contributed by atoms with Crippen LogP contribution in [0.1, 0.15) is 34.7 Å². The summed E-state index contributed by atoms with van der Waals surface area (Å²) >= 11 is 0. The Kier molecular flexibility index (Phi) is 5.70. The van der Waals surface area contributed by atoms with E-state index in [2.05, 4.69) is 75.3 Å². The van der Waals surface area contributed by atoms with Crippen LogP contribution < -0.4 is 0 Å². The minimum Gasteiger partial charge on any atom is -0.257 e. The second-order valence-corrected chi connectivity index (χ2v) is 6.08. The Hall–Kier alpha value is -2.41. The van der Waals surface area contributed by atoms with Gasteiger partial charge in [-0.2, -0.15) is 0 Å². The summed E-state index contributed by atoms with van der Waals surface area (Å²) in [5.41, 5.74) is 8.62. The SMILES string of the molecule is C=C/C=N\c1ccc(CCc2ccc(C)cc2C(=C)C)cc1C. The molecule has 0 aliphatic rings. The fraction of sp³-hybridized carbons (Fsp3) is 0.227. The lowest BCUT2D eigenvalue weighted by molar-refractivity contribution is 0.952. The van der Waals surface area contributed by atoms with E-state index in [1.807, 2.05) is 0 Å². The molecule has 0 unspecified atom stereocenters. The molecule has 1 nitrogen and oxygen atoms in total. The second-order valence-electron chi connectivity index (χ2n) is 6.08. The van der Waals surface area contributed by atoms with Crippen molar-refractivity contribution >= 4 is 17.5 Å². The summed E-state index contributed by atoms with van der Waals surface area (Å²) in [6.45, 7) is 14.1. The zero-order valence-electron chi connectivity index (χ0n) is 14.4. The predicted octanol–water partition coefficient (Wildman–Crippen LogP) is 6.01. The number of rotatable bonds is 6. The molecule has 0 fully saturated rings. The van der Waals surface area contributed by atoms with Gasteiger partial charge < -0.3 is 0 Å². The zero-order valence-corrected chi connectivity index (χ0v) is 14.4. The first kappa shape index (κ1) is 17.0. The van der Waals surface area contributed by atoms with Gasteiger partial charge in [-0.05, 0) is 61.9 Å². The molecule has 1 heteroatoms. The third-order valence-corrected chi connectivity index (χ3v) is 3.99. The highest BCUT2D eigenvalue weighted by molar-refractivity contribution is 5.74. The van der Waals surface area contributed by atoms with Crippen molar-refractivity contribution in [3.8, 4) is 0 Å². The molecule has 0 amide bonds. The molecule has 0 aromatic heterocycles. The maximum atomic E-state index is 4.38. The summed E-state index contributed by atoms with van der Waals surface area (Å²) in [7, 11) is 0. The molecule has 2 aromatic rings. The maximum Gasteiger partial charge on any atom is 0.0658 e. The average molecular weight is 303 g/mol. The van der Waals surface area contributed by atoms with Crippen LogP contribution in [0.4, 0.5) is 5.69 Å². The number of aryl methyl sites for hydroxylation is 4. The van der Waals surface area contributed by atoms with E-state index in [1.165, 1.54) is 27.8 Å². The van der Waals surface area contributed by atoms with Crippen LogP contribution in [0.15, 0.2) is 60.6 Å². The Morgan fingerprint density at radius 1 is 1.09 bits per heavy atom. The summed E-state index contributed by atoms with van der Waals surface area (Å²) in [4.78, 5) is 4.38. The van der Waals surface area contributed by atoms with Crippen LogP contribution in [0.3, 0.4) is 0 Å². The summed E-state index contributed by atoms with van der Waals surface area (Å²) in [6.07, 6.45) is 5.48. The number of benzene rings is 2. The molecular formula is C22H25N. The van der Waals surface area contributed by atoms with Crippen molar-refractivity contribution in [3.63, 3.8) is 0 Å². The van der Waals surface area contributed by atoms with Gasteiger partial charge in [0.25, 0.3) is 0 Å². The van der Waals surface area contributed by atoms with E-state index >= 15 is 0 Å². The van der Waals surface area contributed by atoms with Crippen LogP contribution in [-0.4, -0.2) is 6.21 Å². The first-order valence-corrected chi connectivity index (χ1v) is 8.01. The largest absolute Gasteiger partial charge is 0.257 e. The van der Waals surface area contributed by atoms with Gasteiger partial charge in [-0.3, -0.25) is 4.99 Å². The molecule has 2 rings (SSSR count). The van der Waals surface area contributed by atoms with Gasteiger partial charge in [0.05, 0.1) is 5.69 Å². The molecule has 0 saturated carbocycles. The van der Waals surface area contributed by atoms with Gasteiger partial charge in [0, 0.05) is 6.21 Å². The smallest absolute Gasteiger partial charge is 0.0658 e. The summed E-state index contributed by atoms with van der Waals surface area (Å²) < 4.78 is 0. The maximum absolute atomic E-state index is 4.38. The van der Waals surface area contributed by atoms with E-state index < -0.39 is 0 Å². The highest BCUT2D eigenvalue weighted by Gasteiger charge is 2.05. The first-order valence-electron chi connectivity index (χ1n) is 8.01. The second kappa shape index (κ2) is 7.73. The molecule has 23 heavy (non-hydrogen) atoms. The van der Waals surface area contributed by atoms with E-state index in [-0.39, 0.29) is 0 Å². The molecule has 0 N–H and O–H groups in total. The van der Waals surface area contributed by atoms with E-state index in [9.17, 15) is 0 Å². The van der Waals surface area contributed by atoms with Gasteiger partial charge in [-0.1, -0.05) is 60.7 Å². The van der Waals surface area contributed by atoms with Gasteiger partial charge >= 0.3 is 0 Å². The number of allylic oxidation sites excluding steroid dienone is 2. The third kappa shape index (κ3) is 4.53. The van der Waals surface area contributed by atoms with Gasteiger partial charge in [-0.25, -0.2) is 0 Å². The Morgan fingerprint density at radius 3 is 2.52 bits per heavy atom. The Labute approximate surface area is 140 Å². The lowest BCUT2D eigenvalue weighted by Crippen LogP contribution is -1.97. The van der Waals surface area contributed by atoms with Crippen LogP contribution >= 0.6 is 0 Å². The van der Waals surface area contributed by atoms with Crippen molar-refractivity contribution in [2.75, 3.05) is 0 Å². The molecule has 0 aliphatic carbocycles. The fourth-order valence-corrected chi connectivity index (χ4v) is 2.74. The van der Waals surface area contributed by atoms with E-state index in [0.29, 0.717) is 0 Å². The molecule has 0 heterocycles. The van der Waals surface area contributed by atoms with Crippen LogP contribution in [0, 0.1) is 13.8 Å². The minimum absolute atomic E-state index is 1.01. The lowest BCUT2D eigenvalue weighted by atomic mass is 9.94. The third-order valence-electron chi connectivity index (χ3n) is 3.99. The normalized spacial score (nSPS) is 10.9. The molecular weight excluding hydrogens is 278 g/mol. The quantitative estimate of drug-likeness (QED) is 0.579. The predicted molar refractivity (Wildman–Crippen MR) is 103 cm³/mol. The molecule has 0 bridgehead atoms. The van der Waals surface area contributed by atoms with Crippen molar-refractivity contribution in [1.29, 1.82) is 0 Å². The lowest BCUT2D eigenvalue weighted by Gasteiger charge is -2.11. The molecule has 0 aliphatic heterocycles. The monoisotopic (exact) mass is 303 g/mol. The first-order chi connectivity index (χ1) is 11.0. The molecule has 0 spiro atoms. The average Bonchev–Trinajstić information content (AvgIpc) is 2.52. The number of hydrogen-bond acceptors (Lipinski definition) is 1. The Bertz CT molecular complexity index is 751. The number of aliphatic imine (C=N–C) groups is 1. The summed E-state index contributed by atoms with van der Waals surface area (Å²) in [6, 6.07) is 13.1. The minimum atomic E-state index is 1.01. The molecule has 0 radical (unpaired) electrons. The Morgan fingerprint density at radius 2 is 1.87 bits per heavy atom. The highest BCUT2D eigenvalue weighted by atomic mass is 14.7. The topological polar surface area (TPSA) is 12.4 Å². The van der Waals surface area contributed by atoms with Crippen molar-refractivity contribution in [2.45, 2.75) is 33.6 Å². The standard InChI is InChI=1S/C22H25N/c1-6-13-23-22-12-9-19(15-18(22)5)8-11-20-10-7-17(4)14-21(20)16(2)3/h6-7,9-10,12-15H,1-2,8,11H2,3-5H3/b23-13-.